The largest absolute Gasteiger partial charge is 0.335 e. The van der Waals surface area contributed by atoms with Crippen LogP contribution in [0.3, 0.4) is 0 Å². The van der Waals surface area contributed by atoms with Gasteiger partial charge >= 0.3 is 0 Å². The molecular weight excluding hydrogens is 406 g/mol. The van der Waals surface area contributed by atoms with E-state index in [1.807, 2.05) is 39.0 Å². The molecule has 1 saturated heterocycles. The molecule has 29 heavy (non-hydrogen) atoms. The Morgan fingerprint density at radius 3 is 2.48 bits per heavy atom. The molecule has 1 amide bonds. The Morgan fingerprint density at radius 2 is 1.79 bits per heavy atom. The fourth-order valence-corrected chi connectivity index (χ4v) is 7.35. The number of hydrogen-bond donors (Lipinski definition) is 2. The van der Waals surface area contributed by atoms with Crippen molar-refractivity contribution in [2.24, 2.45) is 4.99 Å². The summed E-state index contributed by atoms with van der Waals surface area (Å²) in [5.74, 6) is 0.115. The lowest BCUT2D eigenvalue weighted by molar-refractivity contribution is 0.102. The van der Waals surface area contributed by atoms with Crippen molar-refractivity contribution in [3.63, 3.8) is 0 Å². The van der Waals surface area contributed by atoms with E-state index in [0.717, 1.165) is 28.1 Å². The van der Waals surface area contributed by atoms with Gasteiger partial charge in [0.15, 0.2) is 15.0 Å². The number of nitrogens with zero attached hydrogens (tertiary/aromatic N) is 1. The van der Waals surface area contributed by atoms with E-state index >= 15 is 0 Å². The van der Waals surface area contributed by atoms with Crippen LogP contribution in [0.1, 0.15) is 27.0 Å². The van der Waals surface area contributed by atoms with E-state index in [1.165, 1.54) is 11.8 Å². The second-order valence-electron chi connectivity index (χ2n) is 7.72. The zero-order valence-electron chi connectivity index (χ0n) is 16.5. The summed E-state index contributed by atoms with van der Waals surface area (Å²) in [6.45, 7) is 5.95. The van der Waals surface area contributed by atoms with Gasteiger partial charge in [0.2, 0.25) is 0 Å². The third-order valence-corrected chi connectivity index (χ3v) is 8.18. The van der Waals surface area contributed by atoms with Crippen LogP contribution in [0.15, 0.2) is 41.4 Å². The Hall–Kier alpha value is -2.32. The molecule has 2 N–H and O–H groups in total. The zero-order valence-corrected chi connectivity index (χ0v) is 18.2. The van der Waals surface area contributed by atoms with E-state index < -0.39 is 9.84 Å². The van der Waals surface area contributed by atoms with Gasteiger partial charge in [0.25, 0.3) is 5.91 Å². The molecule has 0 unspecified atom stereocenters. The van der Waals surface area contributed by atoms with Gasteiger partial charge in [0.05, 0.1) is 17.5 Å². The maximum Gasteiger partial charge on any atom is 0.255 e. The first-order valence-electron chi connectivity index (χ1n) is 9.41. The third-order valence-electron chi connectivity index (χ3n) is 5.04. The molecule has 0 aromatic heterocycles. The number of fused-ring (bicyclic) bond motifs is 1. The average Bonchev–Trinajstić information content (AvgIpc) is 3.08. The number of carbonyl (C=O) groups excluding carboxylic acids is 1. The number of anilines is 2. The molecule has 0 spiro atoms. The molecule has 4 rings (SSSR count). The molecule has 0 aliphatic carbocycles. The first-order valence-corrected chi connectivity index (χ1v) is 12.1. The molecule has 0 bridgehead atoms. The number of aliphatic imine (C=N–C) groups is 1. The van der Waals surface area contributed by atoms with Crippen molar-refractivity contribution >= 4 is 44.0 Å². The van der Waals surface area contributed by atoms with Gasteiger partial charge in [-0.1, -0.05) is 23.9 Å². The number of thioether (sulfide) groups is 1. The number of nitrogens with one attached hydrogen (secondary N) is 2. The molecule has 2 aromatic carbocycles. The first-order chi connectivity index (χ1) is 13.7. The predicted molar refractivity (Wildman–Crippen MR) is 120 cm³/mol. The number of sulfone groups is 1. The molecule has 8 heteroatoms. The molecule has 152 valence electrons. The lowest BCUT2D eigenvalue weighted by atomic mass is 10.1. The molecule has 2 atom stereocenters. The van der Waals surface area contributed by atoms with Crippen molar-refractivity contribution in [3.8, 4) is 0 Å². The van der Waals surface area contributed by atoms with Crippen molar-refractivity contribution in [2.45, 2.75) is 32.1 Å². The minimum absolute atomic E-state index is 0.0150. The van der Waals surface area contributed by atoms with E-state index in [-0.39, 0.29) is 28.7 Å². The second-order valence-corrected chi connectivity index (χ2v) is 11.1. The Kier molecular flexibility index (Phi) is 5.16. The van der Waals surface area contributed by atoms with E-state index in [9.17, 15) is 13.2 Å². The number of rotatable bonds is 3. The second kappa shape index (κ2) is 7.50. The number of carbonyl (C=O) groups is 1. The van der Waals surface area contributed by atoms with Crippen LogP contribution in [0.2, 0.25) is 0 Å². The number of amidine groups is 1. The normalized spacial score (nSPS) is 22.1. The van der Waals surface area contributed by atoms with Gasteiger partial charge in [0, 0.05) is 22.2 Å². The predicted octanol–water partition coefficient (Wildman–Crippen LogP) is 3.54. The highest BCUT2D eigenvalue weighted by Crippen LogP contribution is 2.35. The number of amides is 1. The molecule has 0 saturated carbocycles. The van der Waals surface area contributed by atoms with Crippen LogP contribution < -0.4 is 10.6 Å². The minimum Gasteiger partial charge on any atom is -0.335 e. The minimum atomic E-state index is -2.97. The maximum absolute atomic E-state index is 12.7. The molecule has 1 fully saturated rings. The topological polar surface area (TPSA) is 87.6 Å². The van der Waals surface area contributed by atoms with E-state index in [0.29, 0.717) is 10.7 Å². The first kappa shape index (κ1) is 20.0. The quantitative estimate of drug-likeness (QED) is 0.779. The third kappa shape index (κ3) is 4.48. The van der Waals surface area contributed by atoms with Crippen LogP contribution in [-0.2, 0) is 9.84 Å². The summed E-state index contributed by atoms with van der Waals surface area (Å²) in [6, 6.07) is 11.3. The number of aryl methyl sites for hydroxylation is 3. The van der Waals surface area contributed by atoms with E-state index in [4.69, 9.17) is 0 Å². The van der Waals surface area contributed by atoms with Crippen molar-refractivity contribution in [1.82, 2.24) is 0 Å². The van der Waals surface area contributed by atoms with E-state index in [2.05, 4.69) is 21.7 Å². The SMILES string of the molecule is Cc1cc(C)cc(NC(=O)c2ccc(C)c(NC3=N[C@@H]4CS(=O)(=O)C[C@@H]4S3)c2)c1. The molecule has 2 aromatic rings. The summed E-state index contributed by atoms with van der Waals surface area (Å²) in [6.07, 6.45) is 0. The van der Waals surface area contributed by atoms with Crippen LogP contribution in [0, 0.1) is 20.8 Å². The van der Waals surface area contributed by atoms with Gasteiger partial charge in [-0.05, 0) is 61.7 Å². The van der Waals surface area contributed by atoms with Gasteiger partial charge in [-0.2, -0.15) is 0 Å². The van der Waals surface area contributed by atoms with E-state index in [1.54, 1.807) is 12.1 Å². The van der Waals surface area contributed by atoms with Gasteiger partial charge in [-0.15, -0.1) is 0 Å². The Balaban J connectivity index is 1.50. The van der Waals surface area contributed by atoms with Gasteiger partial charge in [-0.25, -0.2) is 8.42 Å². The lowest BCUT2D eigenvalue weighted by Crippen LogP contribution is -2.15. The molecule has 0 radical (unpaired) electrons. The highest BCUT2D eigenvalue weighted by atomic mass is 32.2. The summed E-state index contributed by atoms with van der Waals surface area (Å²) in [5.41, 5.74) is 5.29. The standard InChI is InChI=1S/C21H23N3O3S2/c1-12-6-13(2)8-16(7-12)22-20(25)15-5-4-14(3)17(9-15)23-21-24-18-10-29(26,27)11-19(18)28-21/h4-9,18-19H,10-11H2,1-3H3,(H,22,25)(H,23,24)/t18-,19+/m1/s1. The van der Waals surface area contributed by atoms with Gasteiger partial charge in [0.1, 0.15) is 0 Å². The van der Waals surface area contributed by atoms with Crippen molar-refractivity contribution in [2.75, 3.05) is 22.1 Å². The molecule has 6 nitrogen and oxygen atoms in total. The lowest BCUT2D eigenvalue weighted by Gasteiger charge is -2.12. The highest BCUT2D eigenvalue weighted by Gasteiger charge is 2.42. The Labute approximate surface area is 175 Å². The summed E-state index contributed by atoms with van der Waals surface area (Å²) < 4.78 is 23.5. The smallest absolute Gasteiger partial charge is 0.255 e. The number of benzene rings is 2. The summed E-state index contributed by atoms with van der Waals surface area (Å²) in [5, 5.41) is 6.93. The van der Waals surface area contributed by atoms with Crippen molar-refractivity contribution in [3.05, 3.63) is 58.7 Å². The molecular formula is C21H23N3O3S2. The average molecular weight is 430 g/mol. The van der Waals surface area contributed by atoms with Crippen LogP contribution in [0.5, 0.6) is 0 Å². The molecule has 2 aliphatic heterocycles. The Morgan fingerprint density at radius 1 is 1.07 bits per heavy atom. The number of hydrogen-bond acceptors (Lipinski definition) is 6. The summed E-state index contributed by atoms with van der Waals surface area (Å²) in [4.78, 5) is 17.3. The maximum atomic E-state index is 12.7. The molecule has 2 heterocycles. The van der Waals surface area contributed by atoms with Crippen LogP contribution in [-0.4, -0.2) is 42.3 Å². The van der Waals surface area contributed by atoms with Gasteiger partial charge < -0.3 is 10.6 Å². The monoisotopic (exact) mass is 429 g/mol. The van der Waals surface area contributed by atoms with Crippen molar-refractivity contribution < 1.29 is 13.2 Å². The fraction of sp³-hybridized carbons (Fsp3) is 0.333. The summed E-state index contributed by atoms with van der Waals surface area (Å²) in [7, 11) is -2.97. The molecule has 2 aliphatic rings. The van der Waals surface area contributed by atoms with Crippen molar-refractivity contribution in [1.29, 1.82) is 0 Å². The Bertz CT molecular complexity index is 1110. The highest BCUT2D eigenvalue weighted by molar-refractivity contribution is 8.15. The zero-order chi connectivity index (χ0) is 20.8. The van der Waals surface area contributed by atoms with Gasteiger partial charge in [-0.3, -0.25) is 9.79 Å². The fourth-order valence-electron chi connectivity index (χ4n) is 3.68. The van der Waals surface area contributed by atoms with Crippen LogP contribution in [0.25, 0.3) is 0 Å². The van der Waals surface area contributed by atoms with Crippen LogP contribution >= 0.6 is 11.8 Å². The van der Waals surface area contributed by atoms with Crippen LogP contribution in [0.4, 0.5) is 11.4 Å². The summed E-state index contributed by atoms with van der Waals surface area (Å²) >= 11 is 1.47.